The molecule has 2 aromatic rings. The molecule has 1 aromatic carbocycles. The van der Waals surface area contributed by atoms with Gasteiger partial charge in [0.1, 0.15) is 18.2 Å². The van der Waals surface area contributed by atoms with Crippen LogP contribution >= 0.6 is 12.2 Å². The van der Waals surface area contributed by atoms with Crippen molar-refractivity contribution in [2.45, 2.75) is 26.8 Å². The SMILES string of the molecule is CCc1n[nH]c(=S)n1CCOc1cccc(C)c1. The summed E-state index contributed by atoms with van der Waals surface area (Å²) in [6.45, 7) is 5.41. The molecule has 0 aliphatic rings. The number of aryl methyl sites for hydroxylation is 2. The average molecular weight is 263 g/mol. The Kier molecular flexibility index (Phi) is 4.15. The summed E-state index contributed by atoms with van der Waals surface area (Å²) in [6, 6.07) is 8.03. The van der Waals surface area contributed by atoms with Crippen LogP contribution in [0.2, 0.25) is 0 Å². The topological polar surface area (TPSA) is 42.8 Å². The van der Waals surface area contributed by atoms with Gasteiger partial charge in [0.05, 0.1) is 6.54 Å². The lowest BCUT2D eigenvalue weighted by molar-refractivity contribution is 0.295. The third-order valence-corrected chi connectivity index (χ3v) is 3.04. The van der Waals surface area contributed by atoms with E-state index in [0.29, 0.717) is 17.9 Å². The van der Waals surface area contributed by atoms with Crippen LogP contribution in [0.3, 0.4) is 0 Å². The van der Waals surface area contributed by atoms with E-state index in [-0.39, 0.29) is 0 Å². The largest absolute Gasteiger partial charge is 0.492 e. The van der Waals surface area contributed by atoms with Crippen molar-refractivity contribution in [2.75, 3.05) is 6.61 Å². The van der Waals surface area contributed by atoms with Gasteiger partial charge in [0.25, 0.3) is 0 Å². The van der Waals surface area contributed by atoms with Crippen LogP contribution in [0.25, 0.3) is 0 Å². The Morgan fingerprint density at radius 2 is 2.28 bits per heavy atom. The fourth-order valence-corrected chi connectivity index (χ4v) is 2.05. The summed E-state index contributed by atoms with van der Waals surface area (Å²) in [7, 11) is 0. The summed E-state index contributed by atoms with van der Waals surface area (Å²) < 4.78 is 8.34. The zero-order valence-electron chi connectivity index (χ0n) is 10.6. The summed E-state index contributed by atoms with van der Waals surface area (Å²) in [6.07, 6.45) is 0.859. The highest BCUT2D eigenvalue weighted by atomic mass is 32.1. The molecule has 5 heteroatoms. The van der Waals surface area contributed by atoms with Crippen molar-refractivity contribution in [3.63, 3.8) is 0 Å². The number of aromatic amines is 1. The molecule has 0 unspecified atom stereocenters. The second-order valence-electron chi connectivity index (χ2n) is 4.12. The molecule has 0 fully saturated rings. The third-order valence-electron chi connectivity index (χ3n) is 2.73. The van der Waals surface area contributed by atoms with Crippen molar-refractivity contribution in [2.24, 2.45) is 0 Å². The molecular formula is C13H17N3OS. The molecule has 0 spiro atoms. The first-order valence-electron chi connectivity index (χ1n) is 6.04. The monoisotopic (exact) mass is 263 g/mol. The Morgan fingerprint density at radius 1 is 1.44 bits per heavy atom. The van der Waals surface area contributed by atoms with Gasteiger partial charge in [-0.15, -0.1) is 0 Å². The molecule has 0 bridgehead atoms. The number of ether oxygens (including phenoxy) is 1. The van der Waals surface area contributed by atoms with E-state index in [4.69, 9.17) is 17.0 Å². The summed E-state index contributed by atoms with van der Waals surface area (Å²) in [5.74, 6) is 1.86. The number of H-pyrrole nitrogens is 1. The van der Waals surface area contributed by atoms with Crippen LogP contribution < -0.4 is 4.74 Å². The Balaban J connectivity index is 1.96. The number of rotatable bonds is 5. The molecule has 0 aliphatic carbocycles. The summed E-state index contributed by atoms with van der Waals surface area (Å²) in [5, 5.41) is 6.97. The first-order valence-corrected chi connectivity index (χ1v) is 6.45. The number of nitrogens with one attached hydrogen (secondary N) is 1. The maximum absolute atomic E-state index is 5.71. The van der Waals surface area contributed by atoms with Crippen LogP contribution in [0.1, 0.15) is 18.3 Å². The first kappa shape index (κ1) is 12.8. The third kappa shape index (κ3) is 2.98. The molecule has 18 heavy (non-hydrogen) atoms. The summed E-state index contributed by atoms with van der Waals surface area (Å²) >= 11 is 5.18. The van der Waals surface area contributed by atoms with E-state index in [1.807, 2.05) is 35.8 Å². The zero-order valence-corrected chi connectivity index (χ0v) is 11.5. The predicted molar refractivity (Wildman–Crippen MR) is 73.5 cm³/mol. The normalized spacial score (nSPS) is 10.6. The van der Waals surface area contributed by atoms with Gasteiger partial charge >= 0.3 is 0 Å². The molecule has 0 aliphatic heterocycles. The van der Waals surface area contributed by atoms with Crippen molar-refractivity contribution in [3.05, 3.63) is 40.4 Å². The molecule has 96 valence electrons. The van der Waals surface area contributed by atoms with Crippen LogP contribution in [-0.4, -0.2) is 21.4 Å². The van der Waals surface area contributed by atoms with E-state index in [2.05, 4.69) is 17.1 Å². The number of hydrogen-bond donors (Lipinski definition) is 1. The van der Waals surface area contributed by atoms with Gasteiger partial charge in [-0.25, -0.2) is 0 Å². The number of benzene rings is 1. The van der Waals surface area contributed by atoms with Gasteiger partial charge in [-0.3, -0.25) is 5.10 Å². The van der Waals surface area contributed by atoms with E-state index in [0.717, 1.165) is 18.0 Å². The maximum atomic E-state index is 5.71. The second-order valence-corrected chi connectivity index (χ2v) is 4.50. The number of hydrogen-bond acceptors (Lipinski definition) is 3. The first-order chi connectivity index (χ1) is 8.70. The minimum absolute atomic E-state index is 0.588. The predicted octanol–water partition coefficient (Wildman–Crippen LogP) is 2.89. The van der Waals surface area contributed by atoms with E-state index in [1.165, 1.54) is 5.56 Å². The van der Waals surface area contributed by atoms with Gasteiger partial charge in [-0.05, 0) is 36.8 Å². The Hall–Kier alpha value is -1.62. The van der Waals surface area contributed by atoms with Crippen LogP contribution in [-0.2, 0) is 13.0 Å². The minimum Gasteiger partial charge on any atom is -0.492 e. The fraction of sp³-hybridized carbons (Fsp3) is 0.385. The molecule has 0 amide bonds. The molecule has 4 nitrogen and oxygen atoms in total. The highest BCUT2D eigenvalue weighted by Gasteiger charge is 2.03. The lowest BCUT2D eigenvalue weighted by Gasteiger charge is -2.08. The van der Waals surface area contributed by atoms with E-state index in [9.17, 15) is 0 Å². The Labute approximate surface area is 112 Å². The van der Waals surface area contributed by atoms with Crippen molar-refractivity contribution >= 4 is 12.2 Å². The van der Waals surface area contributed by atoms with Crippen molar-refractivity contribution in [1.82, 2.24) is 14.8 Å². The van der Waals surface area contributed by atoms with Gasteiger partial charge in [0.15, 0.2) is 4.77 Å². The molecule has 1 N–H and O–H groups in total. The van der Waals surface area contributed by atoms with Crippen molar-refractivity contribution in [1.29, 1.82) is 0 Å². The van der Waals surface area contributed by atoms with Gasteiger partial charge in [0.2, 0.25) is 0 Å². The van der Waals surface area contributed by atoms with Crippen molar-refractivity contribution < 1.29 is 4.74 Å². The van der Waals surface area contributed by atoms with Crippen LogP contribution in [0, 0.1) is 11.7 Å². The molecule has 0 saturated carbocycles. The second kappa shape index (κ2) is 5.82. The maximum Gasteiger partial charge on any atom is 0.195 e. The standard InChI is InChI=1S/C13H17N3OS/c1-3-12-14-15-13(18)16(12)7-8-17-11-6-4-5-10(2)9-11/h4-6,9H,3,7-8H2,1-2H3,(H,15,18). The molecule has 1 aromatic heterocycles. The van der Waals surface area contributed by atoms with Gasteiger partial charge in [0, 0.05) is 6.42 Å². The van der Waals surface area contributed by atoms with E-state index < -0.39 is 0 Å². The highest BCUT2D eigenvalue weighted by Crippen LogP contribution is 2.12. The molecule has 2 rings (SSSR count). The summed E-state index contributed by atoms with van der Waals surface area (Å²) in [4.78, 5) is 0. The number of nitrogens with zero attached hydrogens (tertiary/aromatic N) is 2. The molecule has 0 radical (unpaired) electrons. The van der Waals surface area contributed by atoms with Gasteiger partial charge < -0.3 is 9.30 Å². The fourth-order valence-electron chi connectivity index (χ4n) is 1.81. The molecular weight excluding hydrogens is 246 g/mol. The Bertz CT molecular complexity index is 574. The highest BCUT2D eigenvalue weighted by molar-refractivity contribution is 7.71. The van der Waals surface area contributed by atoms with Gasteiger partial charge in [-0.1, -0.05) is 19.1 Å². The Morgan fingerprint density at radius 3 is 3.00 bits per heavy atom. The lowest BCUT2D eigenvalue weighted by Crippen LogP contribution is -2.11. The van der Waals surface area contributed by atoms with Crippen molar-refractivity contribution in [3.8, 4) is 5.75 Å². The van der Waals surface area contributed by atoms with Crippen LogP contribution in [0.5, 0.6) is 5.75 Å². The average Bonchev–Trinajstić information content (AvgIpc) is 2.71. The lowest BCUT2D eigenvalue weighted by atomic mass is 10.2. The van der Waals surface area contributed by atoms with Crippen LogP contribution in [0.15, 0.2) is 24.3 Å². The molecule has 0 atom stereocenters. The van der Waals surface area contributed by atoms with Gasteiger partial charge in [-0.2, -0.15) is 5.10 Å². The number of aromatic nitrogens is 3. The van der Waals surface area contributed by atoms with E-state index >= 15 is 0 Å². The zero-order chi connectivity index (χ0) is 13.0. The summed E-state index contributed by atoms with van der Waals surface area (Å²) in [5.41, 5.74) is 1.20. The minimum atomic E-state index is 0.588. The molecule has 0 saturated heterocycles. The smallest absolute Gasteiger partial charge is 0.195 e. The van der Waals surface area contributed by atoms with Crippen LogP contribution in [0.4, 0.5) is 0 Å². The van der Waals surface area contributed by atoms with E-state index in [1.54, 1.807) is 0 Å². The quantitative estimate of drug-likeness (QED) is 0.843. The molecule has 1 heterocycles.